The fraction of sp³-hybridized carbons (Fsp3) is 0.250. The molecule has 0 unspecified atom stereocenters. The Kier molecular flexibility index (Phi) is 5.55. The second-order valence-corrected chi connectivity index (χ2v) is 8.26. The molecule has 0 aliphatic rings. The molecule has 0 saturated carbocycles. The van der Waals surface area contributed by atoms with Crippen molar-refractivity contribution in [3.63, 3.8) is 0 Å². The molecule has 2 aromatic carbocycles. The third-order valence-corrected chi connectivity index (χ3v) is 5.14. The van der Waals surface area contributed by atoms with Crippen molar-refractivity contribution >= 4 is 33.0 Å². The average Bonchev–Trinajstić information content (AvgIpc) is 2.54. The minimum atomic E-state index is -4.10. The van der Waals surface area contributed by atoms with Gasteiger partial charge in [-0.25, -0.2) is 17.9 Å². The first-order valence-corrected chi connectivity index (χ1v) is 9.35. The number of hydrogen-bond acceptors (Lipinski definition) is 5. The van der Waals surface area contributed by atoms with Crippen LogP contribution in [0.3, 0.4) is 0 Å². The lowest BCUT2D eigenvalue weighted by atomic mass is 9.84. The molecule has 0 fully saturated rings. The highest BCUT2D eigenvalue weighted by Crippen LogP contribution is 2.31. The summed E-state index contributed by atoms with van der Waals surface area (Å²) in [6.07, 6.45) is 0. The summed E-state index contributed by atoms with van der Waals surface area (Å²) in [7, 11) is -4.10. The van der Waals surface area contributed by atoms with E-state index in [0.29, 0.717) is 5.56 Å². The van der Waals surface area contributed by atoms with Crippen molar-refractivity contribution < 1.29 is 17.7 Å². The Hall–Kier alpha value is -2.23. The van der Waals surface area contributed by atoms with Gasteiger partial charge in [-0.3, -0.25) is 10.1 Å². The Bertz CT molecular complexity index is 964. The summed E-state index contributed by atoms with van der Waals surface area (Å²) in [4.78, 5) is 10.0. The van der Waals surface area contributed by atoms with Crippen LogP contribution < -0.4 is 10.5 Å². The van der Waals surface area contributed by atoms with E-state index in [9.17, 15) is 22.9 Å². The van der Waals surface area contributed by atoms with Crippen LogP contribution >= 0.6 is 11.6 Å². The van der Waals surface area contributed by atoms with E-state index in [1.807, 2.05) is 0 Å². The Morgan fingerprint density at radius 3 is 2.54 bits per heavy atom. The smallest absolute Gasteiger partial charge is 0.271 e. The summed E-state index contributed by atoms with van der Waals surface area (Å²) in [5.41, 5.74) is -0.807. The monoisotopic (exact) mass is 401 g/mol. The molecule has 0 aliphatic carbocycles. The number of halogens is 2. The van der Waals surface area contributed by atoms with Gasteiger partial charge in [0.25, 0.3) is 5.69 Å². The molecule has 26 heavy (non-hydrogen) atoms. The molecule has 2 rings (SSSR count). The normalized spacial score (nSPS) is 12.0. The van der Waals surface area contributed by atoms with E-state index in [1.165, 1.54) is 6.07 Å². The van der Waals surface area contributed by atoms with Gasteiger partial charge in [0.05, 0.1) is 15.6 Å². The molecule has 0 spiro atoms. The van der Waals surface area contributed by atoms with Crippen LogP contribution in [0.2, 0.25) is 5.02 Å². The summed E-state index contributed by atoms with van der Waals surface area (Å²) in [5.74, 6) is -0.577. The predicted octanol–water partition coefficient (Wildman–Crippen LogP) is 3.42. The number of rotatable bonds is 6. The molecule has 140 valence electrons. The van der Waals surface area contributed by atoms with Crippen molar-refractivity contribution in [1.29, 1.82) is 0 Å². The number of nitrogens with two attached hydrogens (primary N) is 1. The zero-order valence-electron chi connectivity index (χ0n) is 14.0. The number of hydrogen-bond donors (Lipinski definition) is 2. The molecule has 0 saturated heterocycles. The SMILES string of the molecule is CC(C)(CNc1cc([N+](=O)[O-])ccc1S(N)(=O)=O)c1cccc(Cl)c1F. The van der Waals surface area contributed by atoms with E-state index in [1.54, 1.807) is 26.0 Å². The topological polar surface area (TPSA) is 115 Å². The number of nitrogens with zero attached hydrogens (tertiary/aromatic N) is 1. The quantitative estimate of drug-likeness (QED) is 0.568. The minimum Gasteiger partial charge on any atom is -0.383 e. The van der Waals surface area contributed by atoms with Crippen LogP contribution in [0.15, 0.2) is 41.3 Å². The van der Waals surface area contributed by atoms with Crippen molar-refractivity contribution in [2.45, 2.75) is 24.2 Å². The lowest BCUT2D eigenvalue weighted by Crippen LogP contribution is -2.29. The molecule has 0 amide bonds. The maximum atomic E-state index is 14.3. The van der Waals surface area contributed by atoms with E-state index in [2.05, 4.69) is 5.32 Å². The number of benzene rings is 2. The first kappa shape index (κ1) is 20.1. The van der Waals surface area contributed by atoms with Crippen molar-refractivity contribution in [2.75, 3.05) is 11.9 Å². The molecule has 10 heteroatoms. The van der Waals surface area contributed by atoms with E-state index >= 15 is 0 Å². The summed E-state index contributed by atoms with van der Waals surface area (Å²) in [5, 5.41) is 18.9. The van der Waals surface area contributed by atoms with Crippen LogP contribution in [0.5, 0.6) is 0 Å². The van der Waals surface area contributed by atoms with Crippen molar-refractivity contribution in [2.24, 2.45) is 5.14 Å². The molecule has 3 N–H and O–H groups in total. The third-order valence-electron chi connectivity index (χ3n) is 3.88. The fourth-order valence-corrected chi connectivity index (χ4v) is 3.33. The second-order valence-electron chi connectivity index (χ2n) is 6.32. The standard InChI is InChI=1S/C16H17ClFN3O4S/c1-16(2,11-4-3-5-12(17)15(11)18)9-20-13-8-10(21(22)23)6-7-14(13)26(19,24)25/h3-8,20H,9H2,1-2H3,(H2,19,24,25). The van der Waals surface area contributed by atoms with Crippen molar-refractivity contribution in [3.8, 4) is 0 Å². The van der Waals surface area contributed by atoms with Crippen LogP contribution in [-0.4, -0.2) is 19.9 Å². The van der Waals surface area contributed by atoms with Crippen molar-refractivity contribution in [3.05, 3.63) is 62.9 Å². The molecular formula is C16H17ClFN3O4S. The van der Waals surface area contributed by atoms with E-state index in [-0.39, 0.29) is 27.8 Å². The van der Waals surface area contributed by atoms with Gasteiger partial charge in [0.2, 0.25) is 10.0 Å². The van der Waals surface area contributed by atoms with Gasteiger partial charge < -0.3 is 5.32 Å². The third kappa shape index (κ3) is 4.29. The molecule has 0 aromatic heterocycles. The van der Waals surface area contributed by atoms with Gasteiger partial charge in [0.1, 0.15) is 10.7 Å². The molecule has 0 bridgehead atoms. The highest BCUT2D eigenvalue weighted by Gasteiger charge is 2.27. The van der Waals surface area contributed by atoms with E-state index in [0.717, 1.165) is 18.2 Å². The molecule has 0 radical (unpaired) electrons. The number of nitrogens with one attached hydrogen (secondary N) is 1. The average molecular weight is 402 g/mol. The Morgan fingerprint density at radius 1 is 1.31 bits per heavy atom. The van der Waals surface area contributed by atoms with Crippen LogP contribution in [-0.2, 0) is 15.4 Å². The molecule has 0 heterocycles. The number of nitro groups is 1. The first-order chi connectivity index (χ1) is 11.9. The minimum absolute atomic E-state index is 0.0304. The number of nitro benzene ring substituents is 1. The lowest BCUT2D eigenvalue weighted by Gasteiger charge is -2.27. The maximum absolute atomic E-state index is 14.3. The highest BCUT2D eigenvalue weighted by atomic mass is 35.5. The summed E-state index contributed by atoms with van der Waals surface area (Å²) in [6.45, 7) is 3.53. The number of primary sulfonamides is 1. The second kappa shape index (κ2) is 7.18. The van der Waals surface area contributed by atoms with Gasteiger partial charge in [-0.05, 0) is 17.7 Å². The zero-order valence-corrected chi connectivity index (χ0v) is 15.6. The zero-order chi connectivity index (χ0) is 19.7. The Labute approximate surface area is 155 Å². The molecule has 0 aliphatic heterocycles. The number of sulfonamides is 1. The lowest BCUT2D eigenvalue weighted by molar-refractivity contribution is -0.384. The number of non-ortho nitro benzene ring substituents is 1. The highest BCUT2D eigenvalue weighted by molar-refractivity contribution is 7.89. The van der Waals surface area contributed by atoms with Gasteiger partial charge in [0, 0.05) is 24.1 Å². The van der Waals surface area contributed by atoms with Crippen LogP contribution in [0.4, 0.5) is 15.8 Å². The van der Waals surface area contributed by atoms with Crippen LogP contribution in [0.25, 0.3) is 0 Å². The maximum Gasteiger partial charge on any atom is 0.271 e. The molecule has 0 atom stereocenters. The van der Waals surface area contributed by atoms with Gasteiger partial charge in [-0.1, -0.05) is 37.6 Å². The number of anilines is 1. The molecular weight excluding hydrogens is 385 g/mol. The molecule has 2 aromatic rings. The Balaban J connectivity index is 2.40. The van der Waals surface area contributed by atoms with E-state index in [4.69, 9.17) is 16.7 Å². The van der Waals surface area contributed by atoms with Gasteiger partial charge >= 0.3 is 0 Å². The van der Waals surface area contributed by atoms with Gasteiger partial charge in [0.15, 0.2) is 0 Å². The van der Waals surface area contributed by atoms with Gasteiger partial charge in [-0.2, -0.15) is 0 Å². The molecule has 7 nitrogen and oxygen atoms in total. The van der Waals surface area contributed by atoms with E-state index < -0.39 is 26.2 Å². The summed E-state index contributed by atoms with van der Waals surface area (Å²) >= 11 is 5.81. The predicted molar refractivity (Wildman–Crippen MR) is 97.4 cm³/mol. The summed E-state index contributed by atoms with van der Waals surface area (Å²) in [6, 6.07) is 7.77. The Morgan fingerprint density at radius 2 is 1.96 bits per heavy atom. The first-order valence-electron chi connectivity index (χ1n) is 7.43. The fourth-order valence-electron chi connectivity index (χ4n) is 2.46. The van der Waals surface area contributed by atoms with Crippen LogP contribution in [0.1, 0.15) is 19.4 Å². The largest absolute Gasteiger partial charge is 0.383 e. The van der Waals surface area contributed by atoms with Gasteiger partial charge in [-0.15, -0.1) is 0 Å². The van der Waals surface area contributed by atoms with Crippen LogP contribution in [0, 0.1) is 15.9 Å². The van der Waals surface area contributed by atoms with Crippen molar-refractivity contribution in [1.82, 2.24) is 0 Å². The summed E-state index contributed by atoms with van der Waals surface area (Å²) < 4.78 is 37.7.